The first-order valence-corrected chi connectivity index (χ1v) is 6.35. The smallest absolute Gasteiger partial charge is 0.222 e. The Balaban J connectivity index is 2.29. The topological polar surface area (TPSA) is 114 Å². The zero-order valence-electron chi connectivity index (χ0n) is 10.7. The number of fused-ring (bicyclic) bond motifs is 1. The summed E-state index contributed by atoms with van der Waals surface area (Å²) >= 11 is 6.04. The molecule has 2 aromatic heterocycles. The molecule has 21 heavy (non-hydrogen) atoms. The minimum atomic E-state index is 0.0226. The van der Waals surface area contributed by atoms with E-state index in [0.717, 1.165) is 10.8 Å². The fourth-order valence-electron chi connectivity index (χ4n) is 2.10. The number of nitrogens with two attached hydrogens (primary N) is 2. The first-order valence-electron chi connectivity index (χ1n) is 5.98. The predicted molar refractivity (Wildman–Crippen MR) is 81.3 cm³/mol. The number of rotatable bonds is 1. The summed E-state index contributed by atoms with van der Waals surface area (Å²) in [6.07, 6.45) is 1.61. The fraction of sp³-hybridized carbons (Fsp3) is 0. The number of anilines is 2. The van der Waals surface area contributed by atoms with Crippen molar-refractivity contribution in [3.63, 3.8) is 0 Å². The van der Waals surface area contributed by atoms with Crippen LogP contribution in [-0.4, -0.2) is 15.0 Å². The molecule has 3 aromatic rings. The summed E-state index contributed by atoms with van der Waals surface area (Å²) in [5.74, 6) is 0.0854. The Hall–Kier alpha value is -2.91. The normalized spacial score (nSPS) is 10.5. The van der Waals surface area contributed by atoms with Crippen molar-refractivity contribution in [1.29, 1.82) is 5.26 Å². The third-order valence-electron chi connectivity index (χ3n) is 3.06. The molecule has 0 atom stereocenters. The van der Waals surface area contributed by atoms with E-state index in [9.17, 15) is 5.26 Å². The van der Waals surface area contributed by atoms with Crippen LogP contribution < -0.4 is 11.5 Å². The van der Waals surface area contributed by atoms with Crippen LogP contribution in [0.15, 0.2) is 30.5 Å². The largest absolute Gasteiger partial charge is 0.382 e. The summed E-state index contributed by atoms with van der Waals surface area (Å²) in [4.78, 5) is 11.9. The van der Waals surface area contributed by atoms with Crippen LogP contribution in [0.4, 0.5) is 11.8 Å². The molecule has 0 saturated carbocycles. The van der Waals surface area contributed by atoms with Gasteiger partial charge in [0.05, 0.1) is 5.69 Å². The first kappa shape index (κ1) is 13.1. The molecule has 0 aliphatic carbocycles. The number of hydrogen-bond donors (Lipinski definition) is 2. The zero-order valence-corrected chi connectivity index (χ0v) is 11.5. The van der Waals surface area contributed by atoms with E-state index in [-0.39, 0.29) is 17.3 Å². The molecule has 102 valence electrons. The van der Waals surface area contributed by atoms with Crippen LogP contribution in [0, 0.1) is 11.3 Å². The average molecular weight is 297 g/mol. The second-order valence-electron chi connectivity index (χ2n) is 4.34. The number of halogens is 1. The molecule has 0 aliphatic rings. The van der Waals surface area contributed by atoms with Gasteiger partial charge in [0.25, 0.3) is 0 Å². The van der Waals surface area contributed by atoms with Gasteiger partial charge in [-0.2, -0.15) is 10.2 Å². The van der Waals surface area contributed by atoms with Crippen LogP contribution in [0.1, 0.15) is 5.56 Å². The highest BCUT2D eigenvalue weighted by atomic mass is 35.5. The van der Waals surface area contributed by atoms with Crippen LogP contribution >= 0.6 is 11.6 Å². The Morgan fingerprint density at radius 3 is 2.71 bits per heavy atom. The number of aromatic nitrogens is 3. The van der Waals surface area contributed by atoms with Gasteiger partial charge in [-0.3, -0.25) is 0 Å². The van der Waals surface area contributed by atoms with Crippen molar-refractivity contribution in [2.75, 3.05) is 11.5 Å². The minimum absolute atomic E-state index is 0.0226. The molecule has 0 saturated heterocycles. The molecule has 0 bridgehead atoms. The second-order valence-corrected chi connectivity index (χ2v) is 4.70. The van der Waals surface area contributed by atoms with E-state index in [1.165, 1.54) is 0 Å². The summed E-state index contributed by atoms with van der Waals surface area (Å²) in [6, 6.07) is 9.29. The van der Waals surface area contributed by atoms with Crippen molar-refractivity contribution in [2.24, 2.45) is 0 Å². The summed E-state index contributed by atoms with van der Waals surface area (Å²) in [7, 11) is 0. The number of nitrogens with zero attached hydrogens (tertiary/aromatic N) is 4. The van der Waals surface area contributed by atoms with Crippen molar-refractivity contribution in [2.45, 2.75) is 0 Å². The summed E-state index contributed by atoms with van der Waals surface area (Å²) in [6.45, 7) is 0. The Morgan fingerprint density at radius 2 is 1.95 bits per heavy atom. The number of nitriles is 1. The van der Waals surface area contributed by atoms with Gasteiger partial charge in [0.2, 0.25) is 5.95 Å². The van der Waals surface area contributed by atoms with Gasteiger partial charge < -0.3 is 11.5 Å². The van der Waals surface area contributed by atoms with Gasteiger partial charge in [-0.25, -0.2) is 9.97 Å². The lowest BCUT2D eigenvalue weighted by Gasteiger charge is -2.08. The maximum atomic E-state index is 9.23. The van der Waals surface area contributed by atoms with Crippen molar-refractivity contribution >= 4 is 34.1 Å². The molecule has 7 heteroatoms. The molecule has 0 amide bonds. The molecule has 3 rings (SSSR count). The molecule has 4 N–H and O–H groups in total. The summed E-state index contributed by atoms with van der Waals surface area (Å²) in [5.41, 5.74) is 12.6. The Labute approximate surface area is 125 Å². The Bertz CT molecular complexity index is 900. The number of benzene rings is 1. The quantitative estimate of drug-likeness (QED) is 0.666. The Kier molecular flexibility index (Phi) is 3.05. The van der Waals surface area contributed by atoms with E-state index in [0.29, 0.717) is 16.4 Å². The van der Waals surface area contributed by atoms with E-state index < -0.39 is 0 Å². The monoisotopic (exact) mass is 296 g/mol. The maximum absolute atomic E-state index is 9.23. The van der Waals surface area contributed by atoms with E-state index >= 15 is 0 Å². The molecule has 6 nitrogen and oxygen atoms in total. The van der Waals surface area contributed by atoms with Gasteiger partial charge in [0, 0.05) is 17.1 Å². The van der Waals surface area contributed by atoms with Gasteiger partial charge in [-0.15, -0.1) is 0 Å². The molecule has 0 unspecified atom stereocenters. The first-order chi connectivity index (χ1) is 10.1. The zero-order chi connectivity index (χ0) is 15.0. The van der Waals surface area contributed by atoms with E-state index in [1.807, 2.05) is 24.3 Å². The van der Waals surface area contributed by atoms with Crippen molar-refractivity contribution in [3.8, 4) is 17.3 Å². The van der Waals surface area contributed by atoms with E-state index in [2.05, 4.69) is 15.0 Å². The maximum Gasteiger partial charge on any atom is 0.222 e. The number of nitrogen functional groups attached to an aromatic ring is 2. The lowest BCUT2D eigenvalue weighted by atomic mass is 10.0. The molecular formula is C14H9ClN6. The molecule has 0 aliphatic heterocycles. The average Bonchev–Trinajstić information content (AvgIpc) is 2.46. The molecule has 2 heterocycles. The fourth-order valence-corrected chi connectivity index (χ4v) is 2.33. The van der Waals surface area contributed by atoms with Gasteiger partial charge in [-0.1, -0.05) is 23.7 Å². The SMILES string of the molecule is N#Cc1c(N)nc(N)nc1-c1ccc2c(Cl)nccc2c1. The van der Waals surface area contributed by atoms with Crippen LogP contribution in [-0.2, 0) is 0 Å². The van der Waals surface area contributed by atoms with E-state index in [1.54, 1.807) is 12.3 Å². The molecule has 0 spiro atoms. The van der Waals surface area contributed by atoms with Gasteiger partial charge in [0.1, 0.15) is 22.6 Å². The highest BCUT2D eigenvalue weighted by Gasteiger charge is 2.13. The van der Waals surface area contributed by atoms with Crippen molar-refractivity contribution < 1.29 is 0 Å². The number of pyridine rings is 1. The van der Waals surface area contributed by atoms with Gasteiger partial charge in [-0.05, 0) is 17.5 Å². The third-order valence-corrected chi connectivity index (χ3v) is 3.36. The third kappa shape index (κ3) is 2.20. The highest BCUT2D eigenvalue weighted by Crippen LogP contribution is 2.29. The Morgan fingerprint density at radius 1 is 1.14 bits per heavy atom. The summed E-state index contributed by atoms with van der Waals surface area (Å²) < 4.78 is 0. The highest BCUT2D eigenvalue weighted by molar-refractivity contribution is 6.34. The lowest BCUT2D eigenvalue weighted by Crippen LogP contribution is -2.04. The van der Waals surface area contributed by atoms with Crippen LogP contribution in [0.2, 0.25) is 5.15 Å². The van der Waals surface area contributed by atoms with Gasteiger partial charge >= 0.3 is 0 Å². The van der Waals surface area contributed by atoms with Crippen LogP contribution in [0.3, 0.4) is 0 Å². The number of hydrogen-bond acceptors (Lipinski definition) is 6. The van der Waals surface area contributed by atoms with Crippen molar-refractivity contribution in [1.82, 2.24) is 15.0 Å². The van der Waals surface area contributed by atoms with Crippen LogP contribution in [0.5, 0.6) is 0 Å². The molecule has 0 radical (unpaired) electrons. The van der Waals surface area contributed by atoms with Crippen LogP contribution in [0.25, 0.3) is 22.0 Å². The standard InChI is InChI=1S/C14H9ClN6/c15-12-9-2-1-8(5-7(9)3-4-19-12)11-10(6-16)13(17)21-14(18)20-11/h1-5H,(H4,17,18,20,21). The molecule has 0 fully saturated rings. The molecule has 1 aromatic carbocycles. The van der Waals surface area contributed by atoms with E-state index in [4.69, 9.17) is 23.1 Å². The lowest BCUT2D eigenvalue weighted by molar-refractivity contribution is 1.18. The van der Waals surface area contributed by atoms with Crippen molar-refractivity contribution in [3.05, 3.63) is 41.2 Å². The second kappa shape index (κ2) is 4.89. The predicted octanol–water partition coefficient (Wildman–Crippen LogP) is 2.38. The minimum Gasteiger partial charge on any atom is -0.382 e. The summed E-state index contributed by atoms with van der Waals surface area (Å²) in [5, 5.41) is 11.3. The van der Waals surface area contributed by atoms with Gasteiger partial charge in [0.15, 0.2) is 0 Å². The molecular weight excluding hydrogens is 288 g/mol.